The Labute approximate surface area is 103 Å². The highest BCUT2D eigenvalue weighted by molar-refractivity contribution is 5.85. The molecule has 1 aromatic rings. The number of halogens is 2. The molecule has 1 unspecified atom stereocenters. The van der Waals surface area contributed by atoms with Gasteiger partial charge in [0.15, 0.2) is 5.41 Å². The summed E-state index contributed by atoms with van der Waals surface area (Å²) in [5.74, 6) is -4.79. The Morgan fingerprint density at radius 2 is 2.11 bits per heavy atom. The Balaban J connectivity index is 3.50. The molecule has 0 radical (unpaired) electrons. The monoisotopic (exact) mass is 259 g/mol. The van der Waals surface area contributed by atoms with Crippen LogP contribution < -0.4 is 5.73 Å². The van der Waals surface area contributed by atoms with E-state index < -0.39 is 23.9 Å². The number of carbonyl (C=O) groups is 1. The van der Waals surface area contributed by atoms with Crippen LogP contribution in [-0.2, 0) is 14.9 Å². The van der Waals surface area contributed by atoms with Crippen LogP contribution in [-0.4, -0.2) is 30.7 Å². The topological polar surface area (TPSA) is 72.5 Å². The van der Waals surface area contributed by atoms with Gasteiger partial charge in [0.05, 0.1) is 7.11 Å². The minimum atomic E-state index is -3.43. The standard InChI is InChI=1S/C12H15F2NO3/c1-11(13,14)12(7-15,10(17)18-2)8-4-3-5-9(16)6-8/h3-6,16H,7,15H2,1-2H3. The zero-order chi connectivity index (χ0) is 14.0. The third-order valence-electron chi connectivity index (χ3n) is 2.93. The lowest BCUT2D eigenvalue weighted by molar-refractivity contribution is -0.163. The number of hydrogen-bond acceptors (Lipinski definition) is 4. The molecule has 4 nitrogen and oxygen atoms in total. The van der Waals surface area contributed by atoms with Crippen molar-refractivity contribution < 1.29 is 23.4 Å². The van der Waals surface area contributed by atoms with Gasteiger partial charge in [0.1, 0.15) is 5.75 Å². The van der Waals surface area contributed by atoms with Gasteiger partial charge in [-0.1, -0.05) is 12.1 Å². The van der Waals surface area contributed by atoms with Crippen LogP contribution in [0.1, 0.15) is 12.5 Å². The maximum Gasteiger partial charge on any atom is 0.323 e. The summed E-state index contributed by atoms with van der Waals surface area (Å²) in [5, 5.41) is 9.35. The van der Waals surface area contributed by atoms with E-state index in [1.807, 2.05) is 0 Å². The smallest absolute Gasteiger partial charge is 0.323 e. The fourth-order valence-electron chi connectivity index (χ4n) is 1.88. The summed E-state index contributed by atoms with van der Waals surface area (Å²) in [5.41, 5.74) is 3.01. The molecule has 0 saturated heterocycles. The van der Waals surface area contributed by atoms with E-state index in [0.717, 1.165) is 13.2 Å². The summed E-state index contributed by atoms with van der Waals surface area (Å²) in [7, 11) is 1.02. The van der Waals surface area contributed by atoms with Gasteiger partial charge in [0.2, 0.25) is 0 Å². The van der Waals surface area contributed by atoms with Gasteiger partial charge in [0, 0.05) is 13.5 Å². The van der Waals surface area contributed by atoms with E-state index >= 15 is 0 Å². The minimum Gasteiger partial charge on any atom is -0.508 e. The predicted molar refractivity (Wildman–Crippen MR) is 61.5 cm³/mol. The van der Waals surface area contributed by atoms with E-state index in [1.54, 1.807) is 0 Å². The number of phenols is 1. The average molecular weight is 259 g/mol. The van der Waals surface area contributed by atoms with Crippen molar-refractivity contribution in [3.05, 3.63) is 29.8 Å². The van der Waals surface area contributed by atoms with Gasteiger partial charge >= 0.3 is 5.97 Å². The number of alkyl halides is 2. The molecule has 0 bridgehead atoms. The molecule has 6 heteroatoms. The van der Waals surface area contributed by atoms with Gasteiger partial charge in [-0.05, 0) is 17.7 Å². The van der Waals surface area contributed by atoms with Crippen molar-refractivity contribution in [1.82, 2.24) is 0 Å². The molecule has 0 fully saturated rings. The Morgan fingerprint density at radius 1 is 1.50 bits per heavy atom. The highest BCUT2D eigenvalue weighted by Gasteiger charge is 2.57. The molecule has 0 saturated carbocycles. The van der Waals surface area contributed by atoms with Gasteiger partial charge in [-0.15, -0.1) is 0 Å². The molecule has 3 N–H and O–H groups in total. The fourth-order valence-corrected chi connectivity index (χ4v) is 1.88. The first kappa shape index (κ1) is 14.4. The SMILES string of the molecule is COC(=O)C(CN)(c1cccc(O)c1)C(C)(F)F. The molecule has 0 spiro atoms. The average Bonchev–Trinajstić information content (AvgIpc) is 2.28. The van der Waals surface area contributed by atoms with Crippen LogP contribution in [0.3, 0.4) is 0 Å². The molecule has 0 aliphatic carbocycles. The second-order valence-corrected chi connectivity index (χ2v) is 4.04. The quantitative estimate of drug-likeness (QED) is 0.802. The van der Waals surface area contributed by atoms with Gasteiger partial charge in [0.25, 0.3) is 5.92 Å². The van der Waals surface area contributed by atoms with Gasteiger partial charge < -0.3 is 15.6 Å². The third-order valence-corrected chi connectivity index (χ3v) is 2.93. The van der Waals surface area contributed by atoms with E-state index in [-0.39, 0.29) is 11.3 Å². The van der Waals surface area contributed by atoms with E-state index in [1.165, 1.54) is 18.2 Å². The van der Waals surface area contributed by atoms with Gasteiger partial charge in [-0.25, -0.2) is 8.78 Å². The Morgan fingerprint density at radius 3 is 2.50 bits per heavy atom. The normalized spacial score (nSPS) is 14.9. The van der Waals surface area contributed by atoms with E-state index in [0.29, 0.717) is 6.92 Å². The van der Waals surface area contributed by atoms with Crippen molar-refractivity contribution in [3.8, 4) is 5.75 Å². The van der Waals surface area contributed by atoms with E-state index in [4.69, 9.17) is 5.73 Å². The van der Waals surface area contributed by atoms with Crippen molar-refractivity contribution in [2.45, 2.75) is 18.3 Å². The fraction of sp³-hybridized carbons (Fsp3) is 0.417. The lowest BCUT2D eigenvalue weighted by Crippen LogP contribution is -2.55. The van der Waals surface area contributed by atoms with Crippen LogP contribution in [0, 0.1) is 0 Å². The highest BCUT2D eigenvalue weighted by Crippen LogP contribution is 2.40. The molecule has 0 aliphatic rings. The minimum absolute atomic E-state index is 0.0793. The number of phenolic OH excluding ortho intramolecular Hbond substituents is 1. The number of carbonyl (C=O) groups excluding carboxylic acids is 1. The van der Waals surface area contributed by atoms with Gasteiger partial charge in [-0.2, -0.15) is 0 Å². The Hall–Kier alpha value is -1.69. The van der Waals surface area contributed by atoms with Crippen LogP contribution in [0.15, 0.2) is 24.3 Å². The van der Waals surface area contributed by atoms with Crippen LogP contribution in [0.5, 0.6) is 5.75 Å². The zero-order valence-electron chi connectivity index (χ0n) is 10.1. The lowest BCUT2D eigenvalue weighted by Gasteiger charge is -2.35. The molecule has 1 rings (SSSR count). The number of aromatic hydroxyl groups is 1. The first-order valence-electron chi connectivity index (χ1n) is 5.25. The summed E-state index contributed by atoms with van der Waals surface area (Å²) in [6.07, 6.45) is 0. The maximum atomic E-state index is 13.8. The van der Waals surface area contributed by atoms with E-state index in [9.17, 15) is 18.7 Å². The second kappa shape index (κ2) is 4.89. The molecular formula is C12H15F2NO3. The van der Waals surface area contributed by atoms with Crippen LogP contribution in [0.2, 0.25) is 0 Å². The summed E-state index contributed by atoms with van der Waals surface area (Å²) >= 11 is 0. The Bertz CT molecular complexity index is 445. The molecule has 0 amide bonds. The maximum absolute atomic E-state index is 13.8. The zero-order valence-corrected chi connectivity index (χ0v) is 10.1. The molecule has 1 aromatic carbocycles. The van der Waals surface area contributed by atoms with Crippen molar-refractivity contribution >= 4 is 5.97 Å². The number of esters is 1. The molecule has 0 aliphatic heterocycles. The van der Waals surface area contributed by atoms with Crippen molar-refractivity contribution in [1.29, 1.82) is 0 Å². The molecule has 0 aromatic heterocycles. The van der Waals surface area contributed by atoms with Crippen LogP contribution in [0.25, 0.3) is 0 Å². The third kappa shape index (κ3) is 2.15. The molecular weight excluding hydrogens is 244 g/mol. The summed E-state index contributed by atoms with van der Waals surface area (Å²) < 4.78 is 32.1. The predicted octanol–water partition coefficient (Wildman–Crippen LogP) is 1.42. The number of hydrogen-bond donors (Lipinski definition) is 2. The summed E-state index contributed by atoms with van der Waals surface area (Å²) in [6.45, 7) is -0.0343. The van der Waals surface area contributed by atoms with Crippen molar-refractivity contribution in [2.75, 3.05) is 13.7 Å². The number of ether oxygens (including phenoxy) is 1. The van der Waals surface area contributed by atoms with E-state index in [2.05, 4.69) is 4.74 Å². The number of nitrogens with two attached hydrogens (primary N) is 1. The molecule has 100 valence electrons. The van der Waals surface area contributed by atoms with Crippen molar-refractivity contribution in [2.24, 2.45) is 5.73 Å². The number of rotatable bonds is 4. The molecule has 1 atom stereocenters. The number of benzene rings is 1. The highest BCUT2D eigenvalue weighted by atomic mass is 19.3. The molecule has 18 heavy (non-hydrogen) atoms. The molecule has 0 heterocycles. The lowest BCUT2D eigenvalue weighted by atomic mass is 9.75. The first-order chi connectivity index (χ1) is 8.29. The van der Waals surface area contributed by atoms with Crippen molar-refractivity contribution in [3.63, 3.8) is 0 Å². The summed E-state index contributed by atoms with van der Waals surface area (Å²) in [6, 6.07) is 5.07. The summed E-state index contributed by atoms with van der Waals surface area (Å²) in [4.78, 5) is 11.8. The first-order valence-corrected chi connectivity index (χ1v) is 5.25. The van der Waals surface area contributed by atoms with Crippen LogP contribution in [0.4, 0.5) is 8.78 Å². The number of methoxy groups -OCH3 is 1. The van der Waals surface area contributed by atoms with Crippen LogP contribution >= 0.6 is 0 Å². The van der Waals surface area contributed by atoms with Gasteiger partial charge in [-0.3, -0.25) is 4.79 Å². The second-order valence-electron chi connectivity index (χ2n) is 4.04. The Kier molecular flexibility index (Phi) is 3.91. The largest absolute Gasteiger partial charge is 0.508 e.